The molecule has 0 bridgehead atoms. The number of carbonyl (C=O) groups excluding carboxylic acids is 1. The molecule has 0 spiro atoms. The molecule has 1 rings (SSSR count). The van der Waals surface area contributed by atoms with E-state index >= 15 is 0 Å². The highest BCUT2D eigenvalue weighted by molar-refractivity contribution is 5.74. The number of amides is 2. The van der Waals surface area contributed by atoms with Crippen molar-refractivity contribution >= 4 is 6.03 Å². The maximum atomic E-state index is 11.9. The summed E-state index contributed by atoms with van der Waals surface area (Å²) >= 11 is 0. The molecule has 1 aliphatic rings. The van der Waals surface area contributed by atoms with Crippen LogP contribution in [-0.4, -0.2) is 43.8 Å². The number of ether oxygens (including phenoxy) is 1. The third kappa shape index (κ3) is 4.00. The van der Waals surface area contributed by atoms with Gasteiger partial charge in [0.2, 0.25) is 0 Å². The molecule has 0 aliphatic heterocycles. The fraction of sp³-hybridized carbons (Fsp3) is 0.917. The summed E-state index contributed by atoms with van der Waals surface area (Å²) in [5.74, 6) is 0. The van der Waals surface area contributed by atoms with Crippen molar-refractivity contribution in [3.8, 4) is 0 Å². The van der Waals surface area contributed by atoms with Gasteiger partial charge in [0.05, 0.1) is 12.6 Å². The number of nitrogens with zero attached hydrogens (tertiary/aromatic N) is 1. The Morgan fingerprint density at radius 2 is 2.06 bits per heavy atom. The average molecular weight is 228 g/mol. The van der Waals surface area contributed by atoms with E-state index in [1.54, 1.807) is 7.11 Å². The smallest absolute Gasteiger partial charge is 0.317 e. The Morgan fingerprint density at radius 1 is 1.44 bits per heavy atom. The van der Waals surface area contributed by atoms with Crippen molar-refractivity contribution in [1.29, 1.82) is 0 Å². The first-order chi connectivity index (χ1) is 7.65. The maximum absolute atomic E-state index is 11.9. The molecule has 0 heterocycles. The first kappa shape index (κ1) is 13.3. The van der Waals surface area contributed by atoms with Gasteiger partial charge in [-0.3, -0.25) is 0 Å². The molecule has 0 saturated heterocycles. The van der Waals surface area contributed by atoms with Crippen molar-refractivity contribution in [1.82, 2.24) is 10.2 Å². The van der Waals surface area contributed by atoms with Crippen LogP contribution >= 0.6 is 0 Å². The van der Waals surface area contributed by atoms with Crippen LogP contribution in [0.3, 0.4) is 0 Å². The maximum Gasteiger partial charge on any atom is 0.317 e. The second-order valence-electron chi connectivity index (χ2n) is 4.71. The lowest BCUT2D eigenvalue weighted by Gasteiger charge is -2.32. The topological polar surface area (TPSA) is 41.6 Å². The quantitative estimate of drug-likeness (QED) is 0.799. The van der Waals surface area contributed by atoms with Crippen LogP contribution in [0.25, 0.3) is 0 Å². The van der Waals surface area contributed by atoms with Gasteiger partial charge in [-0.15, -0.1) is 0 Å². The zero-order valence-electron chi connectivity index (χ0n) is 10.7. The van der Waals surface area contributed by atoms with Gasteiger partial charge >= 0.3 is 6.03 Å². The summed E-state index contributed by atoms with van der Waals surface area (Å²) in [4.78, 5) is 13.7. The summed E-state index contributed by atoms with van der Waals surface area (Å²) in [6.07, 6.45) is 6.09. The number of hydrogen-bond donors (Lipinski definition) is 1. The van der Waals surface area contributed by atoms with Crippen molar-refractivity contribution in [2.45, 2.75) is 51.1 Å². The van der Waals surface area contributed by atoms with Crippen LogP contribution in [0.4, 0.5) is 4.79 Å². The Bertz CT molecular complexity index is 215. The van der Waals surface area contributed by atoms with Gasteiger partial charge in [0.15, 0.2) is 0 Å². The van der Waals surface area contributed by atoms with Crippen LogP contribution in [0.2, 0.25) is 0 Å². The van der Waals surface area contributed by atoms with Crippen LogP contribution in [0.15, 0.2) is 0 Å². The molecular weight excluding hydrogens is 204 g/mol. The van der Waals surface area contributed by atoms with Crippen molar-refractivity contribution in [3.63, 3.8) is 0 Å². The normalized spacial score (nSPS) is 19.2. The molecule has 1 N–H and O–H groups in total. The standard InChI is InChI=1S/C12H24N2O2/c1-10(9-16-3)13-12(15)14(2)11-7-5-4-6-8-11/h10-11H,4-9H2,1-3H3,(H,13,15). The highest BCUT2D eigenvalue weighted by atomic mass is 16.5. The number of hydrogen-bond acceptors (Lipinski definition) is 2. The number of rotatable bonds is 4. The van der Waals surface area contributed by atoms with Crippen LogP contribution in [0, 0.1) is 0 Å². The van der Waals surface area contributed by atoms with Crippen LogP contribution in [0.1, 0.15) is 39.0 Å². The zero-order valence-corrected chi connectivity index (χ0v) is 10.7. The van der Waals surface area contributed by atoms with Crippen LogP contribution in [0.5, 0.6) is 0 Å². The molecular formula is C12H24N2O2. The highest BCUT2D eigenvalue weighted by Crippen LogP contribution is 2.21. The van der Waals surface area contributed by atoms with Crippen molar-refractivity contribution in [3.05, 3.63) is 0 Å². The number of methoxy groups -OCH3 is 1. The van der Waals surface area contributed by atoms with Crippen LogP contribution in [-0.2, 0) is 4.74 Å². The van der Waals surface area contributed by atoms with E-state index in [0.717, 1.165) is 12.8 Å². The summed E-state index contributed by atoms with van der Waals surface area (Å²) in [5.41, 5.74) is 0. The Morgan fingerprint density at radius 3 is 2.62 bits per heavy atom. The molecule has 4 nitrogen and oxygen atoms in total. The predicted molar refractivity (Wildman–Crippen MR) is 64.5 cm³/mol. The lowest BCUT2D eigenvalue weighted by atomic mass is 9.95. The molecule has 1 saturated carbocycles. The molecule has 0 aromatic carbocycles. The third-order valence-corrected chi connectivity index (χ3v) is 3.23. The summed E-state index contributed by atoms with van der Waals surface area (Å²) in [6, 6.07) is 0.517. The second kappa shape index (κ2) is 6.74. The molecule has 0 aromatic rings. The Hall–Kier alpha value is -0.770. The summed E-state index contributed by atoms with van der Waals surface area (Å²) in [5, 5.41) is 2.94. The van der Waals surface area contributed by atoms with Gasteiger partial charge in [0.1, 0.15) is 0 Å². The highest BCUT2D eigenvalue weighted by Gasteiger charge is 2.22. The zero-order chi connectivity index (χ0) is 12.0. The molecule has 1 atom stereocenters. The van der Waals surface area contributed by atoms with Gasteiger partial charge in [0, 0.05) is 20.2 Å². The van der Waals surface area contributed by atoms with Gasteiger partial charge in [-0.1, -0.05) is 19.3 Å². The van der Waals surface area contributed by atoms with E-state index in [1.165, 1.54) is 19.3 Å². The fourth-order valence-corrected chi connectivity index (χ4v) is 2.24. The van der Waals surface area contributed by atoms with E-state index in [9.17, 15) is 4.79 Å². The van der Waals surface area contributed by atoms with E-state index in [0.29, 0.717) is 12.6 Å². The van der Waals surface area contributed by atoms with Gasteiger partial charge in [-0.25, -0.2) is 4.79 Å². The van der Waals surface area contributed by atoms with E-state index in [2.05, 4.69) is 5.32 Å². The minimum absolute atomic E-state index is 0.0245. The van der Waals surface area contributed by atoms with E-state index in [-0.39, 0.29) is 12.1 Å². The molecule has 0 aromatic heterocycles. The van der Waals surface area contributed by atoms with Gasteiger partial charge in [-0.05, 0) is 19.8 Å². The van der Waals surface area contributed by atoms with Crippen molar-refractivity contribution in [2.24, 2.45) is 0 Å². The summed E-state index contributed by atoms with van der Waals surface area (Å²) < 4.78 is 5.00. The van der Waals surface area contributed by atoms with E-state index < -0.39 is 0 Å². The SMILES string of the molecule is COCC(C)NC(=O)N(C)C1CCCCC1. The Kier molecular flexibility index (Phi) is 5.60. The molecule has 1 fully saturated rings. The van der Waals surface area contributed by atoms with Crippen LogP contribution < -0.4 is 5.32 Å². The molecule has 4 heteroatoms. The number of urea groups is 1. The first-order valence-electron chi connectivity index (χ1n) is 6.17. The second-order valence-corrected chi connectivity index (χ2v) is 4.71. The van der Waals surface area contributed by atoms with Gasteiger partial charge in [-0.2, -0.15) is 0 Å². The summed E-state index contributed by atoms with van der Waals surface area (Å²) in [7, 11) is 3.54. The molecule has 16 heavy (non-hydrogen) atoms. The van der Waals surface area contributed by atoms with Crippen molar-refractivity contribution < 1.29 is 9.53 Å². The monoisotopic (exact) mass is 228 g/mol. The van der Waals surface area contributed by atoms with Crippen molar-refractivity contribution in [2.75, 3.05) is 20.8 Å². The van der Waals surface area contributed by atoms with E-state index in [4.69, 9.17) is 4.74 Å². The molecule has 2 amide bonds. The van der Waals surface area contributed by atoms with Gasteiger partial charge < -0.3 is 15.0 Å². The minimum Gasteiger partial charge on any atom is -0.383 e. The number of nitrogens with one attached hydrogen (secondary N) is 1. The molecule has 94 valence electrons. The fourth-order valence-electron chi connectivity index (χ4n) is 2.24. The largest absolute Gasteiger partial charge is 0.383 e. The molecule has 1 unspecified atom stereocenters. The Labute approximate surface area is 98.3 Å². The third-order valence-electron chi connectivity index (χ3n) is 3.23. The van der Waals surface area contributed by atoms with Gasteiger partial charge in [0.25, 0.3) is 0 Å². The first-order valence-corrected chi connectivity index (χ1v) is 6.17. The lowest BCUT2D eigenvalue weighted by molar-refractivity contribution is 0.149. The molecule has 1 aliphatic carbocycles. The average Bonchev–Trinajstić information content (AvgIpc) is 2.29. The lowest BCUT2D eigenvalue weighted by Crippen LogP contribution is -2.48. The minimum atomic E-state index is 0.0245. The Balaban J connectivity index is 2.34. The summed E-state index contributed by atoms with van der Waals surface area (Å²) in [6.45, 7) is 2.51. The number of carbonyl (C=O) groups is 1. The van der Waals surface area contributed by atoms with E-state index in [1.807, 2.05) is 18.9 Å². The molecule has 0 radical (unpaired) electrons. The predicted octanol–water partition coefficient (Wildman–Crippen LogP) is 2.00.